The Bertz CT molecular complexity index is 335. The monoisotopic (exact) mass is 230 g/mol. The summed E-state index contributed by atoms with van der Waals surface area (Å²) in [6.45, 7) is 2.89. The Balaban J connectivity index is 2.67. The number of hydrogen-bond donors (Lipinski definition) is 2. The van der Waals surface area contributed by atoms with Crippen molar-refractivity contribution in [3.8, 4) is 0 Å². The Morgan fingerprint density at radius 3 is 2.44 bits per heavy atom. The molecule has 0 saturated carbocycles. The number of hydrogen-bond acceptors (Lipinski definition) is 3. The average molecular weight is 230 g/mol. The number of nitrogens with two attached hydrogens (primary N) is 1. The molecule has 0 aliphatic heterocycles. The van der Waals surface area contributed by atoms with Gasteiger partial charge in [-0.05, 0) is 18.1 Å². The lowest BCUT2D eigenvalue weighted by molar-refractivity contribution is 0.164. The SMILES string of the molecule is COCC(C)CNc1c(F)cc(N)cc1F. The first kappa shape index (κ1) is 12.7. The number of benzene rings is 1. The van der Waals surface area contributed by atoms with Crippen LogP contribution in [-0.2, 0) is 4.74 Å². The molecule has 0 saturated heterocycles. The molecular formula is C11H16F2N2O. The van der Waals surface area contributed by atoms with Crippen molar-refractivity contribution in [2.75, 3.05) is 31.3 Å². The van der Waals surface area contributed by atoms with Crippen LogP contribution in [0.25, 0.3) is 0 Å². The first-order valence-electron chi connectivity index (χ1n) is 5.02. The zero-order valence-electron chi connectivity index (χ0n) is 9.39. The van der Waals surface area contributed by atoms with Gasteiger partial charge in [-0.25, -0.2) is 8.78 Å². The van der Waals surface area contributed by atoms with Crippen molar-refractivity contribution in [2.45, 2.75) is 6.92 Å². The first-order valence-corrected chi connectivity index (χ1v) is 5.02. The maximum absolute atomic E-state index is 13.3. The van der Waals surface area contributed by atoms with Gasteiger partial charge in [-0.15, -0.1) is 0 Å². The van der Waals surface area contributed by atoms with Crippen LogP contribution in [0.4, 0.5) is 20.2 Å². The molecule has 90 valence electrons. The summed E-state index contributed by atoms with van der Waals surface area (Å²) in [5, 5.41) is 2.71. The maximum Gasteiger partial charge on any atom is 0.151 e. The third kappa shape index (κ3) is 3.34. The van der Waals surface area contributed by atoms with E-state index in [9.17, 15) is 8.78 Å². The van der Waals surface area contributed by atoms with Crippen LogP contribution >= 0.6 is 0 Å². The quantitative estimate of drug-likeness (QED) is 0.763. The molecule has 0 aliphatic rings. The number of nitrogens with one attached hydrogen (secondary N) is 1. The lowest BCUT2D eigenvalue weighted by Gasteiger charge is -2.14. The number of halogens is 2. The van der Waals surface area contributed by atoms with Crippen LogP contribution in [0.1, 0.15) is 6.92 Å². The predicted octanol–water partition coefficient (Wildman–Crippen LogP) is 2.24. The van der Waals surface area contributed by atoms with Gasteiger partial charge >= 0.3 is 0 Å². The largest absolute Gasteiger partial charge is 0.399 e. The third-order valence-electron chi connectivity index (χ3n) is 2.14. The Morgan fingerprint density at radius 2 is 1.94 bits per heavy atom. The summed E-state index contributed by atoms with van der Waals surface area (Å²) in [5.74, 6) is -1.19. The van der Waals surface area contributed by atoms with Gasteiger partial charge in [0.15, 0.2) is 11.6 Å². The van der Waals surface area contributed by atoms with Crippen molar-refractivity contribution in [1.29, 1.82) is 0 Å². The van der Waals surface area contributed by atoms with Crippen molar-refractivity contribution in [1.82, 2.24) is 0 Å². The molecule has 0 radical (unpaired) electrons. The third-order valence-corrected chi connectivity index (χ3v) is 2.14. The molecule has 3 N–H and O–H groups in total. The number of anilines is 2. The van der Waals surface area contributed by atoms with E-state index in [0.717, 1.165) is 12.1 Å². The molecule has 0 spiro atoms. The van der Waals surface area contributed by atoms with Crippen molar-refractivity contribution in [2.24, 2.45) is 5.92 Å². The molecule has 0 aromatic heterocycles. The van der Waals surface area contributed by atoms with E-state index in [1.54, 1.807) is 7.11 Å². The fourth-order valence-corrected chi connectivity index (χ4v) is 1.38. The lowest BCUT2D eigenvalue weighted by atomic mass is 10.2. The van der Waals surface area contributed by atoms with Gasteiger partial charge < -0.3 is 15.8 Å². The number of methoxy groups -OCH3 is 1. The van der Waals surface area contributed by atoms with Gasteiger partial charge in [0.1, 0.15) is 5.69 Å². The molecule has 0 heterocycles. The standard InChI is InChI=1S/C11H16F2N2O/c1-7(6-16-2)5-15-11-9(12)3-8(14)4-10(11)13/h3-4,7,15H,5-6,14H2,1-2H3. The van der Waals surface area contributed by atoms with E-state index in [1.165, 1.54) is 0 Å². The van der Waals surface area contributed by atoms with Crippen LogP contribution in [0, 0.1) is 17.6 Å². The molecular weight excluding hydrogens is 214 g/mol. The fourth-order valence-electron chi connectivity index (χ4n) is 1.38. The number of ether oxygens (including phenoxy) is 1. The van der Waals surface area contributed by atoms with Crippen LogP contribution in [0.15, 0.2) is 12.1 Å². The van der Waals surface area contributed by atoms with Gasteiger partial charge in [-0.3, -0.25) is 0 Å². The molecule has 1 unspecified atom stereocenters. The fraction of sp³-hybridized carbons (Fsp3) is 0.455. The highest BCUT2D eigenvalue weighted by molar-refractivity contribution is 5.54. The molecule has 1 aromatic carbocycles. The van der Waals surface area contributed by atoms with E-state index in [4.69, 9.17) is 10.5 Å². The van der Waals surface area contributed by atoms with Gasteiger partial charge in [0.25, 0.3) is 0 Å². The van der Waals surface area contributed by atoms with E-state index >= 15 is 0 Å². The zero-order chi connectivity index (χ0) is 12.1. The molecule has 1 atom stereocenters. The van der Waals surface area contributed by atoms with Crippen LogP contribution in [0.5, 0.6) is 0 Å². The summed E-state index contributed by atoms with van der Waals surface area (Å²) >= 11 is 0. The van der Waals surface area contributed by atoms with Crippen molar-refractivity contribution >= 4 is 11.4 Å². The van der Waals surface area contributed by atoms with Gasteiger partial charge in [0.2, 0.25) is 0 Å². The van der Waals surface area contributed by atoms with E-state index < -0.39 is 11.6 Å². The number of nitrogen functional groups attached to an aromatic ring is 1. The highest BCUT2D eigenvalue weighted by atomic mass is 19.1. The molecule has 0 fully saturated rings. The van der Waals surface area contributed by atoms with Gasteiger partial charge in [-0.2, -0.15) is 0 Å². The summed E-state index contributed by atoms with van der Waals surface area (Å²) in [6, 6.07) is 2.18. The van der Waals surface area contributed by atoms with Gasteiger partial charge in [0, 0.05) is 19.3 Å². The Labute approximate surface area is 93.6 Å². The number of rotatable bonds is 5. The smallest absolute Gasteiger partial charge is 0.151 e. The minimum Gasteiger partial charge on any atom is -0.399 e. The molecule has 0 aliphatic carbocycles. The second-order valence-electron chi connectivity index (χ2n) is 3.80. The summed E-state index contributed by atoms with van der Waals surface area (Å²) in [7, 11) is 1.58. The van der Waals surface area contributed by atoms with Gasteiger partial charge in [0.05, 0.1) is 6.61 Å². The minimum absolute atomic E-state index is 0.0745. The molecule has 5 heteroatoms. The summed E-state index contributed by atoms with van der Waals surface area (Å²) in [5.41, 5.74) is 5.24. The highest BCUT2D eigenvalue weighted by Gasteiger charge is 2.11. The second kappa shape index (κ2) is 5.65. The van der Waals surface area contributed by atoms with Crippen LogP contribution in [-0.4, -0.2) is 20.3 Å². The van der Waals surface area contributed by atoms with Crippen molar-refractivity contribution < 1.29 is 13.5 Å². The normalized spacial score (nSPS) is 12.5. The molecule has 1 aromatic rings. The molecule has 0 amide bonds. The molecule has 3 nitrogen and oxygen atoms in total. The highest BCUT2D eigenvalue weighted by Crippen LogP contribution is 2.22. The Morgan fingerprint density at radius 1 is 1.38 bits per heavy atom. The lowest BCUT2D eigenvalue weighted by Crippen LogP contribution is -2.17. The summed E-state index contributed by atoms with van der Waals surface area (Å²) in [6.07, 6.45) is 0. The molecule has 1 rings (SSSR count). The van der Waals surface area contributed by atoms with E-state index in [-0.39, 0.29) is 17.3 Å². The molecule has 16 heavy (non-hydrogen) atoms. The van der Waals surface area contributed by atoms with E-state index in [2.05, 4.69) is 5.32 Å². The van der Waals surface area contributed by atoms with Crippen molar-refractivity contribution in [3.63, 3.8) is 0 Å². The van der Waals surface area contributed by atoms with Crippen molar-refractivity contribution in [3.05, 3.63) is 23.8 Å². The summed E-state index contributed by atoms with van der Waals surface area (Å²) in [4.78, 5) is 0. The Hall–Kier alpha value is -1.36. The summed E-state index contributed by atoms with van der Waals surface area (Å²) < 4.78 is 31.6. The minimum atomic E-state index is -0.679. The van der Waals surface area contributed by atoms with Crippen LogP contribution in [0.2, 0.25) is 0 Å². The van der Waals surface area contributed by atoms with E-state index in [1.807, 2.05) is 6.92 Å². The predicted molar refractivity (Wildman–Crippen MR) is 60.3 cm³/mol. The first-order chi connectivity index (χ1) is 7.54. The zero-order valence-corrected chi connectivity index (χ0v) is 9.39. The van der Waals surface area contributed by atoms with Gasteiger partial charge in [-0.1, -0.05) is 6.92 Å². The van der Waals surface area contributed by atoms with E-state index in [0.29, 0.717) is 13.2 Å². The maximum atomic E-state index is 13.3. The topological polar surface area (TPSA) is 47.3 Å². The average Bonchev–Trinajstić information content (AvgIpc) is 2.16. The second-order valence-corrected chi connectivity index (χ2v) is 3.80. The molecule has 0 bridgehead atoms. The van der Waals surface area contributed by atoms with Crippen LogP contribution in [0.3, 0.4) is 0 Å². The Kier molecular flexibility index (Phi) is 4.49. The van der Waals surface area contributed by atoms with Crippen LogP contribution < -0.4 is 11.1 Å².